The second kappa shape index (κ2) is 8.18. The second-order valence-electron chi connectivity index (χ2n) is 6.01. The number of likely N-dealkylation sites (tertiary alicyclic amines) is 1. The van der Waals surface area contributed by atoms with Gasteiger partial charge in [-0.15, -0.1) is 12.4 Å². The molecule has 1 amide bonds. The number of nitrogens with zero attached hydrogens (tertiary/aromatic N) is 2. The average Bonchev–Trinajstić information content (AvgIpc) is 2.55. The maximum atomic E-state index is 12.6. The molecule has 6 nitrogen and oxygen atoms in total. The van der Waals surface area contributed by atoms with E-state index in [4.69, 9.17) is 5.73 Å². The van der Waals surface area contributed by atoms with Crippen LogP contribution in [0.1, 0.15) is 35.7 Å². The minimum absolute atomic E-state index is 0. The van der Waals surface area contributed by atoms with Crippen molar-refractivity contribution >= 4 is 34.0 Å². The summed E-state index contributed by atoms with van der Waals surface area (Å²) in [4.78, 5) is 14.4. The first-order valence-electron chi connectivity index (χ1n) is 7.87. The van der Waals surface area contributed by atoms with Crippen LogP contribution < -0.4 is 5.73 Å². The number of rotatable bonds is 4. The third kappa shape index (κ3) is 4.40. The number of nitrogens with two attached hydrogens (primary N) is 1. The number of aryl methyl sites for hydroxylation is 1. The maximum Gasteiger partial charge on any atom is 0.254 e. The van der Waals surface area contributed by atoms with Crippen molar-refractivity contribution in [2.75, 3.05) is 31.6 Å². The van der Waals surface area contributed by atoms with E-state index in [1.54, 1.807) is 31.0 Å². The van der Waals surface area contributed by atoms with Gasteiger partial charge in [-0.25, -0.2) is 12.7 Å². The van der Waals surface area contributed by atoms with E-state index < -0.39 is 10.0 Å². The summed E-state index contributed by atoms with van der Waals surface area (Å²) in [6.45, 7) is 4.65. The number of carbonyl (C=O) groups is 1. The first-order chi connectivity index (χ1) is 10.8. The second-order valence-corrected chi connectivity index (χ2v) is 8.33. The van der Waals surface area contributed by atoms with Crippen molar-refractivity contribution in [3.05, 3.63) is 29.3 Å². The smallest absolute Gasteiger partial charge is 0.254 e. The van der Waals surface area contributed by atoms with Gasteiger partial charge in [0.2, 0.25) is 10.0 Å². The fourth-order valence-electron chi connectivity index (χ4n) is 2.90. The van der Waals surface area contributed by atoms with Gasteiger partial charge < -0.3 is 10.6 Å². The van der Waals surface area contributed by atoms with E-state index in [2.05, 4.69) is 0 Å². The van der Waals surface area contributed by atoms with Gasteiger partial charge in [0.05, 0.1) is 5.75 Å². The largest absolute Gasteiger partial charge is 0.399 e. The summed E-state index contributed by atoms with van der Waals surface area (Å²) in [7, 11) is -1.56. The molecule has 0 aromatic heterocycles. The Kier molecular flexibility index (Phi) is 7.07. The number of nitrogen functional groups attached to an aromatic ring is 1. The topological polar surface area (TPSA) is 83.7 Å². The van der Waals surface area contributed by atoms with E-state index >= 15 is 0 Å². The lowest BCUT2D eigenvalue weighted by Crippen LogP contribution is -2.47. The monoisotopic (exact) mass is 375 g/mol. The number of anilines is 1. The fraction of sp³-hybridized carbons (Fsp3) is 0.562. The average molecular weight is 376 g/mol. The van der Waals surface area contributed by atoms with Gasteiger partial charge in [0.1, 0.15) is 0 Å². The summed E-state index contributed by atoms with van der Waals surface area (Å²) in [5.74, 6) is 0.0692. The zero-order valence-electron chi connectivity index (χ0n) is 14.4. The summed E-state index contributed by atoms with van der Waals surface area (Å²) in [6.07, 6.45) is 1.31. The van der Waals surface area contributed by atoms with Gasteiger partial charge >= 0.3 is 0 Å². The predicted molar refractivity (Wildman–Crippen MR) is 99.0 cm³/mol. The molecule has 1 aromatic carbocycles. The van der Waals surface area contributed by atoms with Crippen molar-refractivity contribution in [3.63, 3.8) is 0 Å². The molecule has 0 saturated carbocycles. The number of halogens is 1. The van der Waals surface area contributed by atoms with Crippen LogP contribution in [0.2, 0.25) is 0 Å². The van der Waals surface area contributed by atoms with Gasteiger partial charge in [-0.1, -0.05) is 6.07 Å². The van der Waals surface area contributed by atoms with Gasteiger partial charge in [0.15, 0.2) is 0 Å². The molecule has 1 saturated heterocycles. The zero-order valence-corrected chi connectivity index (χ0v) is 16.0. The van der Waals surface area contributed by atoms with Crippen LogP contribution in [0.3, 0.4) is 0 Å². The Morgan fingerprint density at radius 2 is 1.92 bits per heavy atom. The Morgan fingerprint density at radius 3 is 2.46 bits per heavy atom. The van der Waals surface area contributed by atoms with Gasteiger partial charge in [-0.3, -0.25) is 4.79 Å². The van der Waals surface area contributed by atoms with Crippen LogP contribution >= 0.6 is 12.4 Å². The summed E-state index contributed by atoms with van der Waals surface area (Å²) in [5, 5.41) is 0. The highest BCUT2D eigenvalue weighted by molar-refractivity contribution is 7.89. The lowest BCUT2D eigenvalue weighted by atomic mass is 10.0. The quantitative estimate of drug-likeness (QED) is 0.814. The number of hydrogen-bond donors (Lipinski definition) is 1. The van der Waals surface area contributed by atoms with Crippen LogP contribution in [0.15, 0.2) is 18.2 Å². The van der Waals surface area contributed by atoms with Crippen LogP contribution in [-0.2, 0) is 10.0 Å². The number of amides is 1. The molecule has 1 heterocycles. The highest BCUT2D eigenvalue weighted by Gasteiger charge is 2.30. The Hall–Kier alpha value is -1.31. The third-order valence-corrected chi connectivity index (χ3v) is 6.47. The molecular formula is C16H26ClN3O3S. The number of benzene rings is 1. The molecule has 2 rings (SSSR count). The number of piperidine rings is 1. The van der Waals surface area contributed by atoms with Gasteiger partial charge in [0, 0.05) is 37.4 Å². The standard InChI is InChI=1S/C16H25N3O3S.ClH/c1-4-23(21,22)18(3)14-7-9-19(10-8-14)16(20)15-11-13(17)6-5-12(15)2;/h5-6,11,14H,4,7-10,17H2,1-3H3;1H. The van der Waals surface area contributed by atoms with Crippen LogP contribution in [0, 0.1) is 6.92 Å². The maximum absolute atomic E-state index is 12.6. The highest BCUT2D eigenvalue weighted by Crippen LogP contribution is 2.21. The summed E-state index contributed by atoms with van der Waals surface area (Å²) in [5.41, 5.74) is 7.87. The van der Waals surface area contributed by atoms with Crippen LogP contribution in [0.25, 0.3) is 0 Å². The van der Waals surface area contributed by atoms with Crippen molar-refractivity contribution in [3.8, 4) is 0 Å². The predicted octanol–water partition coefficient (Wildman–Crippen LogP) is 1.89. The molecule has 24 heavy (non-hydrogen) atoms. The van der Waals surface area contributed by atoms with Gasteiger partial charge in [0.25, 0.3) is 5.91 Å². The summed E-state index contributed by atoms with van der Waals surface area (Å²) in [6, 6.07) is 5.29. The molecule has 1 aliphatic rings. The van der Waals surface area contributed by atoms with Crippen molar-refractivity contribution in [2.24, 2.45) is 0 Å². The Balaban J connectivity index is 0.00000288. The normalized spacial score (nSPS) is 16.1. The zero-order chi connectivity index (χ0) is 17.2. The van der Waals surface area contributed by atoms with E-state index in [9.17, 15) is 13.2 Å². The van der Waals surface area contributed by atoms with Crippen molar-refractivity contribution in [1.82, 2.24) is 9.21 Å². The molecule has 0 atom stereocenters. The molecule has 8 heteroatoms. The molecular weight excluding hydrogens is 350 g/mol. The molecule has 0 radical (unpaired) electrons. The van der Waals surface area contributed by atoms with E-state index in [0.29, 0.717) is 37.2 Å². The van der Waals surface area contributed by atoms with E-state index in [-0.39, 0.29) is 30.1 Å². The molecule has 136 valence electrons. The number of sulfonamides is 1. The first-order valence-corrected chi connectivity index (χ1v) is 9.48. The molecule has 0 unspecified atom stereocenters. The van der Waals surface area contributed by atoms with Crippen LogP contribution in [0.5, 0.6) is 0 Å². The fourth-order valence-corrected chi connectivity index (χ4v) is 3.98. The molecule has 2 N–H and O–H groups in total. The number of hydrogen-bond acceptors (Lipinski definition) is 4. The van der Waals surface area contributed by atoms with Gasteiger partial charge in [-0.2, -0.15) is 0 Å². The molecule has 0 bridgehead atoms. The Labute approximate surface area is 150 Å². The minimum Gasteiger partial charge on any atom is -0.399 e. The number of carbonyl (C=O) groups excluding carboxylic acids is 1. The summed E-state index contributed by atoms with van der Waals surface area (Å²) < 4.78 is 25.4. The third-order valence-electron chi connectivity index (χ3n) is 4.56. The van der Waals surface area contributed by atoms with E-state index in [1.807, 2.05) is 13.0 Å². The molecule has 1 aliphatic heterocycles. The Morgan fingerprint density at radius 1 is 1.33 bits per heavy atom. The first kappa shape index (κ1) is 20.7. The van der Waals surface area contributed by atoms with Gasteiger partial charge in [-0.05, 0) is 44.4 Å². The van der Waals surface area contributed by atoms with Crippen molar-refractivity contribution in [1.29, 1.82) is 0 Å². The van der Waals surface area contributed by atoms with Crippen molar-refractivity contribution in [2.45, 2.75) is 32.7 Å². The molecule has 0 aliphatic carbocycles. The lowest BCUT2D eigenvalue weighted by molar-refractivity contribution is 0.0685. The van der Waals surface area contributed by atoms with Crippen LogP contribution in [-0.4, -0.2) is 55.5 Å². The lowest BCUT2D eigenvalue weighted by Gasteiger charge is -2.36. The Bertz CT molecular complexity index is 686. The van der Waals surface area contributed by atoms with E-state index in [0.717, 1.165) is 5.56 Å². The highest BCUT2D eigenvalue weighted by atomic mass is 35.5. The van der Waals surface area contributed by atoms with Crippen LogP contribution in [0.4, 0.5) is 5.69 Å². The molecule has 0 spiro atoms. The molecule has 1 aromatic rings. The van der Waals surface area contributed by atoms with E-state index in [1.165, 1.54) is 4.31 Å². The SMILES string of the molecule is CCS(=O)(=O)N(C)C1CCN(C(=O)c2cc(N)ccc2C)CC1.Cl. The molecule has 1 fully saturated rings. The van der Waals surface area contributed by atoms with Crippen molar-refractivity contribution < 1.29 is 13.2 Å². The summed E-state index contributed by atoms with van der Waals surface area (Å²) >= 11 is 0. The minimum atomic E-state index is -3.19.